The number of anilines is 1. The molecule has 0 saturated carbocycles. The van der Waals surface area contributed by atoms with E-state index in [4.69, 9.17) is 0 Å². The maximum atomic E-state index is 12.1. The lowest BCUT2D eigenvalue weighted by atomic mass is 9.87. The number of aromatic nitrogens is 1. The Hall–Kier alpha value is -1.38. The van der Waals surface area contributed by atoms with E-state index in [9.17, 15) is 4.79 Å². The van der Waals surface area contributed by atoms with Crippen molar-refractivity contribution in [2.24, 2.45) is 5.41 Å². The van der Waals surface area contributed by atoms with Gasteiger partial charge in [0.1, 0.15) is 5.82 Å². The number of rotatable bonds is 2. The fraction of sp³-hybridized carbons (Fsp3) is 0.600. The van der Waals surface area contributed by atoms with Crippen LogP contribution in [0.5, 0.6) is 0 Å². The molecule has 0 unspecified atom stereocenters. The number of nitrogens with zero attached hydrogens (tertiary/aromatic N) is 2. The van der Waals surface area contributed by atoms with E-state index in [1.54, 1.807) is 6.20 Å². The molecule has 98 valence electrons. The van der Waals surface area contributed by atoms with Crippen LogP contribution in [0, 0.1) is 5.41 Å². The first-order chi connectivity index (χ1) is 8.48. The summed E-state index contributed by atoms with van der Waals surface area (Å²) in [5.74, 6) is 1.15. The topological polar surface area (TPSA) is 33.2 Å². The molecule has 0 radical (unpaired) electrons. The zero-order valence-electron chi connectivity index (χ0n) is 11.6. The van der Waals surface area contributed by atoms with Crippen molar-refractivity contribution in [2.45, 2.75) is 40.0 Å². The molecule has 1 fully saturated rings. The smallest absolute Gasteiger partial charge is 0.169 e. The monoisotopic (exact) mass is 246 g/mol. The van der Waals surface area contributed by atoms with Crippen LogP contribution >= 0.6 is 0 Å². The Morgan fingerprint density at radius 2 is 1.83 bits per heavy atom. The zero-order valence-corrected chi connectivity index (χ0v) is 11.6. The minimum absolute atomic E-state index is 0.153. The number of hydrogen-bond acceptors (Lipinski definition) is 3. The predicted molar refractivity (Wildman–Crippen MR) is 74.1 cm³/mol. The largest absolute Gasteiger partial charge is 0.357 e. The summed E-state index contributed by atoms with van der Waals surface area (Å²) >= 11 is 0. The number of carbonyl (C=O) groups is 1. The van der Waals surface area contributed by atoms with E-state index in [2.05, 4.69) is 9.88 Å². The predicted octanol–water partition coefficient (Wildman–Crippen LogP) is 3.30. The van der Waals surface area contributed by atoms with Gasteiger partial charge < -0.3 is 4.90 Å². The Morgan fingerprint density at radius 1 is 1.17 bits per heavy atom. The molecular weight excluding hydrogens is 224 g/mol. The van der Waals surface area contributed by atoms with Gasteiger partial charge >= 0.3 is 0 Å². The Balaban J connectivity index is 2.12. The van der Waals surface area contributed by atoms with Crippen LogP contribution in [-0.4, -0.2) is 23.9 Å². The van der Waals surface area contributed by atoms with Crippen molar-refractivity contribution in [3.8, 4) is 0 Å². The molecule has 3 nitrogen and oxygen atoms in total. The van der Waals surface area contributed by atoms with E-state index in [-0.39, 0.29) is 11.2 Å². The minimum atomic E-state index is -0.339. The second kappa shape index (κ2) is 5.09. The average molecular weight is 246 g/mol. The highest BCUT2D eigenvalue weighted by Crippen LogP contribution is 2.22. The first kappa shape index (κ1) is 13.1. The van der Waals surface area contributed by atoms with Crippen LogP contribution in [0.15, 0.2) is 18.3 Å². The first-order valence-electron chi connectivity index (χ1n) is 6.74. The van der Waals surface area contributed by atoms with Crippen LogP contribution in [0.3, 0.4) is 0 Å². The molecule has 0 bridgehead atoms. The van der Waals surface area contributed by atoms with E-state index in [1.165, 1.54) is 19.3 Å². The Morgan fingerprint density at radius 3 is 2.33 bits per heavy atom. The summed E-state index contributed by atoms with van der Waals surface area (Å²) in [4.78, 5) is 18.8. The summed E-state index contributed by atoms with van der Waals surface area (Å²) in [6.45, 7) is 7.98. The molecule has 0 spiro atoms. The molecule has 1 aromatic rings. The van der Waals surface area contributed by atoms with E-state index in [0.717, 1.165) is 18.9 Å². The summed E-state index contributed by atoms with van der Waals surface area (Å²) in [5, 5.41) is 0. The Kier molecular flexibility index (Phi) is 3.69. The van der Waals surface area contributed by atoms with Gasteiger partial charge in [-0.25, -0.2) is 4.98 Å². The summed E-state index contributed by atoms with van der Waals surface area (Å²) in [6.07, 6.45) is 5.52. The summed E-state index contributed by atoms with van der Waals surface area (Å²) < 4.78 is 0. The molecule has 0 atom stereocenters. The molecule has 2 rings (SSSR count). The SMILES string of the molecule is CC(C)(C)C(=O)c1ccc(N2CCCCC2)nc1. The number of ketones is 1. The highest BCUT2D eigenvalue weighted by Gasteiger charge is 2.23. The molecule has 2 heterocycles. The van der Waals surface area contributed by atoms with Gasteiger partial charge in [0.05, 0.1) is 0 Å². The number of carbonyl (C=O) groups excluding carboxylic acids is 1. The summed E-state index contributed by atoms with van der Waals surface area (Å²) in [7, 11) is 0. The second-order valence-electron chi connectivity index (χ2n) is 6.03. The van der Waals surface area contributed by atoms with E-state index in [0.29, 0.717) is 5.56 Å². The van der Waals surface area contributed by atoms with Gasteiger partial charge in [0.15, 0.2) is 5.78 Å². The van der Waals surface area contributed by atoms with E-state index >= 15 is 0 Å². The highest BCUT2D eigenvalue weighted by molar-refractivity contribution is 5.99. The molecule has 1 aromatic heterocycles. The Bertz CT molecular complexity index is 411. The number of piperidine rings is 1. The maximum absolute atomic E-state index is 12.1. The molecule has 0 amide bonds. The number of hydrogen-bond donors (Lipinski definition) is 0. The van der Waals surface area contributed by atoms with Crippen LogP contribution in [0.4, 0.5) is 5.82 Å². The number of pyridine rings is 1. The molecule has 1 aliphatic rings. The normalized spacial score (nSPS) is 16.7. The van der Waals surface area contributed by atoms with Crippen molar-refractivity contribution in [3.05, 3.63) is 23.9 Å². The molecule has 1 aliphatic heterocycles. The lowest BCUT2D eigenvalue weighted by molar-refractivity contribution is 0.0858. The molecule has 0 aromatic carbocycles. The standard InChI is InChI=1S/C15H22N2O/c1-15(2,3)14(18)12-7-8-13(16-11-12)17-9-5-4-6-10-17/h7-8,11H,4-6,9-10H2,1-3H3. The van der Waals surface area contributed by atoms with Crippen LogP contribution in [0.2, 0.25) is 0 Å². The third kappa shape index (κ3) is 2.89. The van der Waals surface area contributed by atoms with E-state index < -0.39 is 0 Å². The third-order valence-corrected chi connectivity index (χ3v) is 3.37. The molecule has 0 N–H and O–H groups in total. The van der Waals surface area contributed by atoms with Crippen LogP contribution < -0.4 is 4.90 Å². The van der Waals surface area contributed by atoms with Gasteiger partial charge in [0.25, 0.3) is 0 Å². The lowest BCUT2D eigenvalue weighted by Gasteiger charge is -2.27. The zero-order chi connectivity index (χ0) is 13.2. The molecular formula is C15H22N2O. The van der Waals surface area contributed by atoms with Crippen LogP contribution in [-0.2, 0) is 0 Å². The minimum Gasteiger partial charge on any atom is -0.357 e. The highest BCUT2D eigenvalue weighted by atomic mass is 16.1. The number of Topliss-reactive ketones (excluding diaryl/α,β-unsaturated/α-hetero) is 1. The van der Waals surface area contributed by atoms with Gasteiger partial charge in [-0.2, -0.15) is 0 Å². The van der Waals surface area contributed by atoms with Gasteiger partial charge in [-0.15, -0.1) is 0 Å². The lowest BCUT2D eigenvalue weighted by Crippen LogP contribution is -2.30. The molecule has 18 heavy (non-hydrogen) atoms. The van der Waals surface area contributed by atoms with Gasteiger partial charge in [-0.3, -0.25) is 4.79 Å². The Labute approximate surface area is 109 Å². The van der Waals surface area contributed by atoms with Crippen LogP contribution in [0.1, 0.15) is 50.4 Å². The molecule has 1 saturated heterocycles. The van der Waals surface area contributed by atoms with Gasteiger partial charge in [0.2, 0.25) is 0 Å². The van der Waals surface area contributed by atoms with Crippen molar-refractivity contribution in [3.63, 3.8) is 0 Å². The molecule has 0 aliphatic carbocycles. The maximum Gasteiger partial charge on any atom is 0.169 e. The van der Waals surface area contributed by atoms with Crippen molar-refractivity contribution in [1.29, 1.82) is 0 Å². The van der Waals surface area contributed by atoms with Crippen molar-refractivity contribution in [1.82, 2.24) is 4.98 Å². The van der Waals surface area contributed by atoms with Gasteiger partial charge in [-0.05, 0) is 31.4 Å². The van der Waals surface area contributed by atoms with Crippen LogP contribution in [0.25, 0.3) is 0 Å². The van der Waals surface area contributed by atoms with E-state index in [1.807, 2.05) is 32.9 Å². The van der Waals surface area contributed by atoms with Crippen molar-refractivity contribution >= 4 is 11.6 Å². The van der Waals surface area contributed by atoms with Crippen molar-refractivity contribution in [2.75, 3.05) is 18.0 Å². The fourth-order valence-corrected chi connectivity index (χ4v) is 2.26. The first-order valence-corrected chi connectivity index (χ1v) is 6.74. The van der Waals surface area contributed by atoms with Gasteiger partial charge in [-0.1, -0.05) is 20.8 Å². The third-order valence-electron chi connectivity index (χ3n) is 3.37. The van der Waals surface area contributed by atoms with Gasteiger partial charge in [0, 0.05) is 30.3 Å². The van der Waals surface area contributed by atoms with Crippen molar-refractivity contribution < 1.29 is 4.79 Å². The summed E-state index contributed by atoms with van der Waals surface area (Å²) in [6, 6.07) is 3.88. The fourth-order valence-electron chi connectivity index (χ4n) is 2.26. The second-order valence-corrected chi connectivity index (χ2v) is 6.03. The average Bonchev–Trinajstić information content (AvgIpc) is 2.38. The quantitative estimate of drug-likeness (QED) is 0.751. The summed E-state index contributed by atoms with van der Waals surface area (Å²) in [5.41, 5.74) is 0.372. The molecule has 3 heteroatoms.